The second kappa shape index (κ2) is 18.8. The summed E-state index contributed by atoms with van der Waals surface area (Å²) in [6.45, 7) is 5.68. The largest absolute Gasteiger partial charge is 0.473 e. The fourth-order valence-corrected chi connectivity index (χ4v) is 4.03. The van der Waals surface area contributed by atoms with E-state index in [0.29, 0.717) is 0 Å². The molecule has 0 aliphatic rings. The van der Waals surface area contributed by atoms with Crippen molar-refractivity contribution in [1.29, 1.82) is 0 Å². The molecule has 1 atom stereocenters. The predicted molar refractivity (Wildman–Crippen MR) is 116 cm³/mol. The summed E-state index contributed by atoms with van der Waals surface area (Å²) < 4.78 is 2.23. The van der Waals surface area contributed by atoms with Crippen LogP contribution in [0.1, 0.15) is 84.5 Å². The standard InChI is InChI=1S/C19H36N2S.C2H2O4/c1-3-5-6-7-8-9-10-11-12-13-14-19(22-4-2)17-21-16-15-20-18-21;3-1(4)2(5)6/h15-16,18-19H,3-14,17H2,1-2H3;(H,3,4)(H,5,6). The van der Waals surface area contributed by atoms with Crippen molar-refractivity contribution in [2.24, 2.45) is 0 Å². The summed E-state index contributed by atoms with van der Waals surface area (Å²) in [5, 5.41) is 15.5. The van der Waals surface area contributed by atoms with Gasteiger partial charge in [-0.15, -0.1) is 0 Å². The first-order valence-corrected chi connectivity index (χ1v) is 11.6. The molecule has 0 radical (unpaired) electrons. The Bertz CT molecular complexity index is 483. The molecule has 6 nitrogen and oxygen atoms in total. The van der Waals surface area contributed by atoms with Crippen LogP contribution in [0.2, 0.25) is 0 Å². The van der Waals surface area contributed by atoms with E-state index >= 15 is 0 Å². The molecule has 0 saturated heterocycles. The maximum atomic E-state index is 9.10. The summed E-state index contributed by atoms with van der Waals surface area (Å²) in [6, 6.07) is 0. The van der Waals surface area contributed by atoms with Crippen molar-refractivity contribution in [3.63, 3.8) is 0 Å². The second-order valence-electron chi connectivity index (χ2n) is 6.92. The highest BCUT2D eigenvalue weighted by atomic mass is 32.2. The average molecular weight is 415 g/mol. The fraction of sp³-hybridized carbons (Fsp3) is 0.762. The highest BCUT2D eigenvalue weighted by Crippen LogP contribution is 2.20. The molecule has 0 aromatic carbocycles. The van der Waals surface area contributed by atoms with E-state index in [1.165, 1.54) is 76.4 Å². The Morgan fingerprint density at radius 1 is 0.929 bits per heavy atom. The van der Waals surface area contributed by atoms with Crippen LogP contribution in [0.3, 0.4) is 0 Å². The van der Waals surface area contributed by atoms with E-state index in [0.717, 1.165) is 11.8 Å². The molecule has 2 N–H and O–H groups in total. The first-order valence-electron chi connectivity index (χ1n) is 10.5. The first-order chi connectivity index (χ1) is 13.5. The molecule has 1 heterocycles. The number of aromatic nitrogens is 2. The molecule has 0 bridgehead atoms. The molecule has 1 rings (SSSR count). The summed E-state index contributed by atoms with van der Waals surface area (Å²) in [6.07, 6.45) is 21.5. The molecule has 0 amide bonds. The zero-order valence-electron chi connectivity index (χ0n) is 17.5. The molecule has 1 aromatic rings. The lowest BCUT2D eigenvalue weighted by Gasteiger charge is -2.16. The van der Waals surface area contributed by atoms with Gasteiger partial charge < -0.3 is 14.8 Å². The highest BCUT2D eigenvalue weighted by Gasteiger charge is 2.08. The minimum absolute atomic E-state index is 0.758. The van der Waals surface area contributed by atoms with Crippen LogP contribution < -0.4 is 0 Å². The maximum absolute atomic E-state index is 9.10. The van der Waals surface area contributed by atoms with Crippen molar-refractivity contribution in [2.75, 3.05) is 5.75 Å². The molecule has 0 spiro atoms. The minimum Gasteiger partial charge on any atom is -0.473 e. The SMILES string of the molecule is CCCCCCCCCCCCC(Cn1ccnc1)SCC.O=C(O)C(=O)O. The molecule has 0 aliphatic heterocycles. The van der Waals surface area contributed by atoms with Crippen LogP contribution in [0.5, 0.6) is 0 Å². The van der Waals surface area contributed by atoms with Gasteiger partial charge in [0.25, 0.3) is 0 Å². The number of rotatable bonds is 15. The van der Waals surface area contributed by atoms with Crippen molar-refractivity contribution in [3.05, 3.63) is 18.7 Å². The maximum Gasteiger partial charge on any atom is 0.414 e. The lowest BCUT2D eigenvalue weighted by molar-refractivity contribution is -0.159. The van der Waals surface area contributed by atoms with Crippen LogP contribution in [0, 0.1) is 0 Å². The van der Waals surface area contributed by atoms with E-state index in [1.807, 2.05) is 12.5 Å². The number of carbonyl (C=O) groups is 2. The fourth-order valence-electron chi connectivity index (χ4n) is 2.95. The Kier molecular flexibility index (Phi) is 17.8. The van der Waals surface area contributed by atoms with E-state index in [-0.39, 0.29) is 0 Å². The van der Waals surface area contributed by atoms with Gasteiger partial charge in [-0.2, -0.15) is 11.8 Å². The second-order valence-corrected chi connectivity index (χ2v) is 8.50. The van der Waals surface area contributed by atoms with Crippen molar-refractivity contribution >= 4 is 23.7 Å². The molecule has 0 saturated carbocycles. The number of unbranched alkanes of at least 4 members (excludes halogenated alkanes) is 9. The Balaban J connectivity index is 0.00000105. The number of nitrogens with zero attached hydrogens (tertiary/aromatic N) is 2. The third-order valence-corrected chi connectivity index (χ3v) is 5.63. The molecule has 162 valence electrons. The van der Waals surface area contributed by atoms with Crippen LogP contribution in [0.25, 0.3) is 0 Å². The molecular weight excluding hydrogens is 376 g/mol. The molecule has 1 aromatic heterocycles. The van der Waals surface area contributed by atoms with Gasteiger partial charge in [0.2, 0.25) is 0 Å². The molecule has 0 aliphatic carbocycles. The van der Waals surface area contributed by atoms with Gasteiger partial charge in [0.1, 0.15) is 0 Å². The lowest BCUT2D eigenvalue weighted by atomic mass is 10.1. The molecule has 28 heavy (non-hydrogen) atoms. The summed E-state index contributed by atoms with van der Waals surface area (Å²) in [4.78, 5) is 22.3. The van der Waals surface area contributed by atoms with Crippen molar-refractivity contribution in [2.45, 2.75) is 96.3 Å². The number of hydrogen-bond donors (Lipinski definition) is 2. The highest BCUT2D eigenvalue weighted by molar-refractivity contribution is 7.99. The normalized spacial score (nSPS) is 11.5. The Morgan fingerprint density at radius 2 is 1.46 bits per heavy atom. The number of aliphatic carboxylic acids is 2. The summed E-state index contributed by atoms with van der Waals surface area (Å²) in [7, 11) is 0. The van der Waals surface area contributed by atoms with Gasteiger partial charge in [-0.05, 0) is 12.2 Å². The van der Waals surface area contributed by atoms with Crippen molar-refractivity contribution in [3.8, 4) is 0 Å². The van der Waals surface area contributed by atoms with E-state index < -0.39 is 11.9 Å². The van der Waals surface area contributed by atoms with Crippen molar-refractivity contribution in [1.82, 2.24) is 9.55 Å². The van der Waals surface area contributed by atoms with E-state index in [1.54, 1.807) is 0 Å². The number of carboxylic acids is 2. The number of carboxylic acid groups (broad SMARTS) is 2. The number of imidazole rings is 1. The Labute approximate surface area is 174 Å². The van der Waals surface area contributed by atoms with Gasteiger partial charge in [0, 0.05) is 24.2 Å². The smallest absolute Gasteiger partial charge is 0.414 e. The predicted octanol–water partition coefficient (Wildman–Crippen LogP) is 5.47. The monoisotopic (exact) mass is 414 g/mol. The molecule has 0 fully saturated rings. The quantitative estimate of drug-likeness (QED) is 0.292. The Morgan fingerprint density at radius 3 is 1.89 bits per heavy atom. The number of thioether (sulfide) groups is 1. The third-order valence-electron chi connectivity index (χ3n) is 4.44. The first kappa shape index (κ1) is 26.5. The Hall–Kier alpha value is -1.50. The zero-order chi connectivity index (χ0) is 21.0. The van der Waals surface area contributed by atoms with Gasteiger partial charge in [0.05, 0.1) is 6.33 Å². The number of hydrogen-bond acceptors (Lipinski definition) is 4. The van der Waals surface area contributed by atoms with Gasteiger partial charge in [-0.1, -0.05) is 78.1 Å². The zero-order valence-corrected chi connectivity index (χ0v) is 18.3. The minimum atomic E-state index is -1.82. The van der Waals surface area contributed by atoms with Gasteiger partial charge in [-0.25, -0.2) is 14.6 Å². The van der Waals surface area contributed by atoms with Crippen LogP contribution in [0.15, 0.2) is 18.7 Å². The summed E-state index contributed by atoms with van der Waals surface area (Å²) in [5.74, 6) is -2.43. The van der Waals surface area contributed by atoms with E-state index in [9.17, 15) is 0 Å². The van der Waals surface area contributed by atoms with Gasteiger partial charge >= 0.3 is 11.9 Å². The van der Waals surface area contributed by atoms with Crippen LogP contribution in [-0.4, -0.2) is 42.7 Å². The van der Waals surface area contributed by atoms with E-state index in [2.05, 4.69) is 41.4 Å². The summed E-state index contributed by atoms with van der Waals surface area (Å²) in [5.41, 5.74) is 0. The average Bonchev–Trinajstić information content (AvgIpc) is 3.17. The molecular formula is C21H38N2O4S. The van der Waals surface area contributed by atoms with Gasteiger partial charge in [-0.3, -0.25) is 0 Å². The van der Waals surface area contributed by atoms with Crippen LogP contribution >= 0.6 is 11.8 Å². The van der Waals surface area contributed by atoms with Crippen LogP contribution in [-0.2, 0) is 16.1 Å². The third kappa shape index (κ3) is 16.7. The van der Waals surface area contributed by atoms with Gasteiger partial charge in [0.15, 0.2) is 0 Å². The summed E-state index contributed by atoms with van der Waals surface area (Å²) >= 11 is 2.11. The lowest BCUT2D eigenvalue weighted by Crippen LogP contribution is -2.12. The van der Waals surface area contributed by atoms with Crippen molar-refractivity contribution < 1.29 is 19.8 Å². The molecule has 7 heteroatoms. The topological polar surface area (TPSA) is 92.4 Å². The van der Waals surface area contributed by atoms with Crippen LogP contribution in [0.4, 0.5) is 0 Å². The molecule has 1 unspecified atom stereocenters. The van der Waals surface area contributed by atoms with E-state index in [4.69, 9.17) is 19.8 Å².